The van der Waals surface area contributed by atoms with Crippen LogP contribution < -0.4 is 9.98 Å². The molecule has 1 aromatic rings. The van der Waals surface area contributed by atoms with Crippen molar-refractivity contribution in [2.45, 2.75) is 61.8 Å². The van der Waals surface area contributed by atoms with Crippen molar-refractivity contribution in [2.75, 3.05) is 39.8 Å². The van der Waals surface area contributed by atoms with E-state index in [0.29, 0.717) is 5.04 Å². The zero-order valence-corrected chi connectivity index (χ0v) is 20.4. The number of hydrogen-bond acceptors (Lipinski definition) is 3. The van der Waals surface area contributed by atoms with E-state index in [0.717, 1.165) is 9.52 Å². The van der Waals surface area contributed by atoms with Crippen LogP contribution in [0.3, 0.4) is 0 Å². The number of likely N-dealkylation sites (N-methyl/N-ethyl adjacent to an activating group) is 1. The topological polar surface area (TPSA) is 19.6 Å². The third-order valence-corrected chi connectivity index (χ3v) is 19.0. The molecule has 3 nitrogen and oxygen atoms in total. The molecule has 5 heteroatoms. The quantitative estimate of drug-likeness (QED) is 0.570. The van der Waals surface area contributed by atoms with Crippen LogP contribution in [-0.4, -0.2) is 72.4 Å². The molecule has 0 unspecified atom stereocenters. The standard InChI is InChI=1S/C20H38GeN2OSi/c1-7-21(8-2,9-3)18-10-11-19(24-18)25-20(4,5)12-13-23-16-14-22(6)15-17-23/h10-11H,7-9,12-17H2,1-6H3. The first-order chi connectivity index (χ1) is 11.8. The predicted octanol–water partition coefficient (Wildman–Crippen LogP) is 3.16. The third kappa shape index (κ3) is 5.72. The second kappa shape index (κ2) is 9.25. The second-order valence-corrected chi connectivity index (χ2v) is 21.4. The van der Waals surface area contributed by atoms with Crippen LogP contribution in [0.5, 0.6) is 0 Å². The van der Waals surface area contributed by atoms with Crippen molar-refractivity contribution >= 4 is 32.8 Å². The van der Waals surface area contributed by atoms with Crippen molar-refractivity contribution in [1.82, 2.24) is 9.80 Å². The van der Waals surface area contributed by atoms with Crippen molar-refractivity contribution in [3.05, 3.63) is 12.1 Å². The van der Waals surface area contributed by atoms with E-state index >= 15 is 0 Å². The molecule has 1 fully saturated rings. The minimum absolute atomic E-state index is 0.332. The van der Waals surface area contributed by atoms with Gasteiger partial charge in [-0.05, 0) is 0 Å². The summed E-state index contributed by atoms with van der Waals surface area (Å²) in [6.07, 6.45) is 1.26. The molecule has 0 aliphatic carbocycles. The molecule has 2 radical (unpaired) electrons. The van der Waals surface area contributed by atoms with Gasteiger partial charge < -0.3 is 0 Å². The first-order valence-electron chi connectivity index (χ1n) is 10.1. The fourth-order valence-electron chi connectivity index (χ4n) is 3.87. The molecule has 0 atom stereocenters. The van der Waals surface area contributed by atoms with Crippen molar-refractivity contribution in [3.63, 3.8) is 0 Å². The molecule has 0 spiro atoms. The van der Waals surface area contributed by atoms with Crippen molar-refractivity contribution in [1.29, 1.82) is 0 Å². The molecule has 25 heavy (non-hydrogen) atoms. The van der Waals surface area contributed by atoms with Gasteiger partial charge in [-0.3, -0.25) is 0 Å². The van der Waals surface area contributed by atoms with Crippen molar-refractivity contribution < 1.29 is 4.42 Å². The molecular weight excluding hydrogens is 385 g/mol. The molecule has 0 aromatic carbocycles. The van der Waals surface area contributed by atoms with E-state index in [1.165, 1.54) is 64.9 Å². The van der Waals surface area contributed by atoms with Crippen LogP contribution >= 0.6 is 0 Å². The summed E-state index contributed by atoms with van der Waals surface area (Å²) in [6.45, 7) is 18.0. The maximum atomic E-state index is 6.44. The summed E-state index contributed by atoms with van der Waals surface area (Å²) >= 11 is -1.94. The SMILES string of the molecule is C[CH2][Ge]([CH2]C)([CH2]C)[c]1ccc([Si]C(C)(C)CCN2CCN(C)CC2)o1. The Balaban J connectivity index is 1.92. The second-order valence-electron chi connectivity index (χ2n) is 8.41. The van der Waals surface area contributed by atoms with E-state index < -0.39 is 13.3 Å². The summed E-state index contributed by atoms with van der Waals surface area (Å²) in [5.41, 5.74) is 0. The molecule has 1 aliphatic rings. The summed E-state index contributed by atoms with van der Waals surface area (Å²) in [5.74, 6) is 0. The molecule has 142 valence electrons. The monoisotopic (exact) mass is 424 g/mol. The summed E-state index contributed by atoms with van der Waals surface area (Å²) in [4.78, 5) is 5.06. The summed E-state index contributed by atoms with van der Waals surface area (Å²) < 4.78 is 7.83. The summed E-state index contributed by atoms with van der Waals surface area (Å²) in [5, 5.41) is 5.60. The van der Waals surface area contributed by atoms with Gasteiger partial charge in [0.05, 0.1) is 0 Å². The third-order valence-electron chi connectivity index (χ3n) is 6.27. The van der Waals surface area contributed by atoms with E-state index in [1.54, 1.807) is 0 Å². The Morgan fingerprint density at radius 1 is 1.04 bits per heavy atom. The molecule has 1 aromatic heterocycles. The Morgan fingerprint density at radius 3 is 2.20 bits per heavy atom. The van der Waals surface area contributed by atoms with E-state index in [1.807, 2.05) is 0 Å². The van der Waals surface area contributed by atoms with Gasteiger partial charge in [-0.1, -0.05) is 0 Å². The maximum absolute atomic E-state index is 6.44. The molecule has 0 saturated carbocycles. The van der Waals surface area contributed by atoms with Crippen molar-refractivity contribution in [3.8, 4) is 0 Å². The Labute approximate surface area is 160 Å². The normalized spacial score (nSPS) is 18.0. The van der Waals surface area contributed by atoms with E-state index in [4.69, 9.17) is 4.42 Å². The molecule has 0 amide bonds. The van der Waals surface area contributed by atoms with Gasteiger partial charge in [-0.25, -0.2) is 0 Å². The first-order valence-corrected chi connectivity index (χ1v) is 16.6. The van der Waals surface area contributed by atoms with Crippen LogP contribution in [0.4, 0.5) is 0 Å². The average molecular weight is 423 g/mol. The van der Waals surface area contributed by atoms with E-state index in [-0.39, 0.29) is 0 Å². The van der Waals surface area contributed by atoms with Gasteiger partial charge in [0.15, 0.2) is 0 Å². The van der Waals surface area contributed by atoms with E-state index in [2.05, 4.69) is 63.6 Å². The number of piperazine rings is 1. The molecule has 0 N–H and O–H groups in total. The molecule has 2 rings (SSSR count). The molecule has 0 bridgehead atoms. The van der Waals surface area contributed by atoms with E-state index in [9.17, 15) is 0 Å². The fourth-order valence-corrected chi connectivity index (χ4v) is 12.3. The molecule has 1 aliphatic heterocycles. The average Bonchev–Trinajstić information content (AvgIpc) is 3.05. The van der Waals surface area contributed by atoms with Crippen LogP contribution in [-0.2, 0) is 0 Å². The number of nitrogens with zero attached hydrogens (tertiary/aromatic N) is 2. The predicted molar refractivity (Wildman–Crippen MR) is 114 cm³/mol. The number of hydrogen-bond donors (Lipinski definition) is 0. The fraction of sp³-hybridized carbons (Fsp3) is 0.800. The van der Waals surface area contributed by atoms with Gasteiger partial charge in [0.2, 0.25) is 0 Å². The number of rotatable bonds is 9. The van der Waals surface area contributed by atoms with Gasteiger partial charge in [0, 0.05) is 0 Å². The number of furan rings is 1. The summed E-state index contributed by atoms with van der Waals surface area (Å²) in [7, 11) is 3.00. The van der Waals surface area contributed by atoms with Crippen molar-refractivity contribution in [2.24, 2.45) is 0 Å². The summed E-state index contributed by atoms with van der Waals surface area (Å²) in [6, 6.07) is 4.61. The molecular formula is C20H38GeN2OSi. The Kier molecular flexibility index (Phi) is 7.86. The van der Waals surface area contributed by atoms with Crippen LogP contribution in [0, 0.1) is 0 Å². The van der Waals surface area contributed by atoms with Crippen LogP contribution in [0.1, 0.15) is 41.0 Å². The molecule has 1 saturated heterocycles. The Bertz CT molecular complexity index is 511. The zero-order chi connectivity index (χ0) is 18.5. The van der Waals surface area contributed by atoms with Gasteiger partial charge in [0.1, 0.15) is 0 Å². The van der Waals surface area contributed by atoms with Gasteiger partial charge in [0.25, 0.3) is 0 Å². The van der Waals surface area contributed by atoms with Crippen LogP contribution in [0.15, 0.2) is 16.5 Å². The zero-order valence-electron chi connectivity index (χ0n) is 17.3. The Morgan fingerprint density at radius 2 is 1.64 bits per heavy atom. The van der Waals surface area contributed by atoms with Gasteiger partial charge in [-0.15, -0.1) is 0 Å². The van der Waals surface area contributed by atoms with Gasteiger partial charge in [-0.2, -0.15) is 0 Å². The Hall–Kier alpha value is -0.0403. The van der Waals surface area contributed by atoms with Crippen LogP contribution in [0.2, 0.25) is 20.8 Å². The van der Waals surface area contributed by atoms with Gasteiger partial charge >= 0.3 is 161 Å². The first kappa shape index (κ1) is 21.3. The van der Waals surface area contributed by atoms with Crippen LogP contribution in [0.25, 0.3) is 0 Å². The minimum atomic E-state index is -1.94. The molecule has 2 heterocycles.